The van der Waals surface area contributed by atoms with Gasteiger partial charge < -0.3 is 9.64 Å². The Morgan fingerprint density at radius 2 is 2.40 bits per heavy atom. The van der Waals surface area contributed by atoms with Crippen LogP contribution in [0.5, 0.6) is 0 Å². The normalized spacial score (nSPS) is 23.3. The number of hydrogen-bond donors (Lipinski definition) is 0. The van der Waals surface area contributed by atoms with E-state index in [1.807, 2.05) is 19.9 Å². The molecule has 1 amide bonds. The molecule has 0 N–H and O–H groups in total. The Labute approximate surface area is 90.8 Å². The number of rotatable bonds is 3. The topological polar surface area (TPSA) is 53.3 Å². The Kier molecular flexibility index (Phi) is 4.57. The second-order valence-electron chi connectivity index (χ2n) is 3.78. The number of hydrogen-bond acceptors (Lipinski definition) is 3. The first-order valence-electron chi connectivity index (χ1n) is 5.52. The van der Waals surface area contributed by atoms with Crippen LogP contribution in [-0.4, -0.2) is 36.6 Å². The van der Waals surface area contributed by atoms with E-state index in [0.717, 1.165) is 6.42 Å². The Morgan fingerprint density at radius 1 is 1.67 bits per heavy atom. The van der Waals surface area contributed by atoms with Crippen molar-refractivity contribution >= 4 is 5.91 Å². The molecule has 0 radical (unpaired) electrons. The van der Waals surface area contributed by atoms with E-state index in [1.165, 1.54) is 0 Å². The van der Waals surface area contributed by atoms with Crippen molar-refractivity contribution in [2.24, 2.45) is 5.92 Å². The van der Waals surface area contributed by atoms with Gasteiger partial charge >= 0.3 is 0 Å². The molecule has 0 spiro atoms. The first-order valence-corrected chi connectivity index (χ1v) is 5.52. The van der Waals surface area contributed by atoms with Gasteiger partial charge in [-0.05, 0) is 12.8 Å². The lowest BCUT2D eigenvalue weighted by Gasteiger charge is -2.33. The van der Waals surface area contributed by atoms with Gasteiger partial charge in [0.05, 0.1) is 18.8 Å². The zero-order chi connectivity index (χ0) is 11.3. The van der Waals surface area contributed by atoms with Gasteiger partial charge in [-0.15, -0.1) is 0 Å². The van der Waals surface area contributed by atoms with Gasteiger partial charge in [0.1, 0.15) is 5.92 Å². The fraction of sp³-hybridized carbons (Fsp3) is 0.818. The third-order valence-electron chi connectivity index (χ3n) is 2.77. The highest BCUT2D eigenvalue weighted by molar-refractivity contribution is 5.81. The van der Waals surface area contributed by atoms with Gasteiger partial charge in [0, 0.05) is 13.1 Å². The number of morpholine rings is 1. The van der Waals surface area contributed by atoms with E-state index in [1.54, 1.807) is 4.90 Å². The first-order chi connectivity index (χ1) is 7.22. The quantitative estimate of drug-likeness (QED) is 0.702. The average Bonchev–Trinajstić information content (AvgIpc) is 2.30. The maximum atomic E-state index is 11.9. The fourth-order valence-electron chi connectivity index (χ4n) is 1.71. The predicted molar refractivity (Wildman–Crippen MR) is 56.0 cm³/mol. The summed E-state index contributed by atoms with van der Waals surface area (Å²) in [5, 5.41) is 8.82. The van der Waals surface area contributed by atoms with Crippen LogP contribution in [0.15, 0.2) is 0 Å². The summed E-state index contributed by atoms with van der Waals surface area (Å²) in [6, 6.07) is 2.05. The molecule has 1 saturated heterocycles. The molecule has 1 aliphatic heterocycles. The fourth-order valence-corrected chi connectivity index (χ4v) is 1.71. The molecular weight excluding hydrogens is 192 g/mol. The lowest BCUT2D eigenvalue weighted by atomic mass is 10.1. The number of carbonyl (C=O) groups excluding carboxylic acids is 1. The highest BCUT2D eigenvalue weighted by Gasteiger charge is 2.27. The molecule has 4 heteroatoms. The molecule has 2 atom stereocenters. The third kappa shape index (κ3) is 2.93. The number of ether oxygens (including phenoxy) is 1. The molecule has 1 heterocycles. The molecule has 0 saturated carbocycles. The SMILES string of the molecule is CCC1CN(C(=O)C(C#N)CC)CCO1. The van der Waals surface area contributed by atoms with Gasteiger partial charge in [0.2, 0.25) is 5.91 Å². The van der Waals surface area contributed by atoms with E-state index < -0.39 is 5.92 Å². The van der Waals surface area contributed by atoms with Crippen LogP contribution < -0.4 is 0 Å². The van der Waals surface area contributed by atoms with Gasteiger partial charge in [0.25, 0.3) is 0 Å². The summed E-state index contributed by atoms with van der Waals surface area (Å²) >= 11 is 0. The summed E-state index contributed by atoms with van der Waals surface area (Å²) < 4.78 is 5.48. The van der Waals surface area contributed by atoms with Crippen LogP contribution in [0, 0.1) is 17.2 Å². The van der Waals surface area contributed by atoms with E-state index in [-0.39, 0.29) is 12.0 Å². The Balaban J connectivity index is 2.56. The highest BCUT2D eigenvalue weighted by Crippen LogP contribution is 2.13. The van der Waals surface area contributed by atoms with Crippen molar-refractivity contribution in [3.05, 3.63) is 0 Å². The van der Waals surface area contributed by atoms with Gasteiger partial charge in [-0.25, -0.2) is 0 Å². The van der Waals surface area contributed by atoms with Crippen molar-refractivity contribution in [1.29, 1.82) is 5.26 Å². The molecule has 0 aromatic heterocycles. The highest BCUT2D eigenvalue weighted by atomic mass is 16.5. The number of nitrogens with zero attached hydrogens (tertiary/aromatic N) is 2. The molecule has 15 heavy (non-hydrogen) atoms. The summed E-state index contributed by atoms with van der Waals surface area (Å²) in [7, 11) is 0. The molecule has 0 aromatic carbocycles. The van der Waals surface area contributed by atoms with Crippen molar-refractivity contribution in [3.8, 4) is 6.07 Å². The lowest BCUT2D eigenvalue weighted by Crippen LogP contribution is -2.47. The van der Waals surface area contributed by atoms with Crippen LogP contribution in [0.1, 0.15) is 26.7 Å². The van der Waals surface area contributed by atoms with Crippen LogP contribution in [0.3, 0.4) is 0 Å². The van der Waals surface area contributed by atoms with E-state index in [9.17, 15) is 4.79 Å². The van der Waals surface area contributed by atoms with Crippen LogP contribution in [0.2, 0.25) is 0 Å². The standard InChI is InChI=1S/C11H18N2O2/c1-3-9(7-12)11(14)13-5-6-15-10(4-2)8-13/h9-10H,3-6,8H2,1-2H3. The van der Waals surface area contributed by atoms with Crippen LogP contribution >= 0.6 is 0 Å². The average molecular weight is 210 g/mol. The summed E-state index contributed by atoms with van der Waals surface area (Å²) in [5.74, 6) is -0.526. The molecule has 4 nitrogen and oxygen atoms in total. The minimum Gasteiger partial charge on any atom is -0.375 e. The van der Waals surface area contributed by atoms with Gasteiger partial charge in [0.15, 0.2) is 0 Å². The summed E-state index contributed by atoms with van der Waals surface area (Å²) in [5.41, 5.74) is 0. The predicted octanol–water partition coefficient (Wildman–Crippen LogP) is 1.17. The minimum absolute atomic E-state index is 0.0400. The monoisotopic (exact) mass is 210 g/mol. The second kappa shape index (κ2) is 5.72. The number of carbonyl (C=O) groups is 1. The molecule has 0 bridgehead atoms. The zero-order valence-corrected chi connectivity index (χ0v) is 9.40. The van der Waals surface area contributed by atoms with E-state index in [2.05, 4.69) is 0 Å². The smallest absolute Gasteiger partial charge is 0.240 e. The molecule has 1 rings (SSSR count). The second-order valence-corrected chi connectivity index (χ2v) is 3.78. The molecule has 0 aromatic rings. The first kappa shape index (κ1) is 12.0. The van der Waals surface area contributed by atoms with E-state index in [0.29, 0.717) is 26.1 Å². The van der Waals surface area contributed by atoms with Gasteiger partial charge in [-0.3, -0.25) is 4.79 Å². The van der Waals surface area contributed by atoms with E-state index in [4.69, 9.17) is 10.00 Å². The number of amides is 1. The molecule has 1 fully saturated rings. The Bertz CT molecular complexity index is 260. The maximum absolute atomic E-state index is 11.9. The van der Waals surface area contributed by atoms with Crippen molar-refractivity contribution in [3.63, 3.8) is 0 Å². The van der Waals surface area contributed by atoms with Crippen LogP contribution in [0.25, 0.3) is 0 Å². The van der Waals surface area contributed by atoms with E-state index >= 15 is 0 Å². The Morgan fingerprint density at radius 3 is 2.93 bits per heavy atom. The summed E-state index contributed by atoms with van der Waals surface area (Å²) in [4.78, 5) is 13.6. The summed E-state index contributed by atoms with van der Waals surface area (Å²) in [6.45, 7) is 5.75. The van der Waals surface area contributed by atoms with Crippen LogP contribution in [-0.2, 0) is 9.53 Å². The lowest BCUT2D eigenvalue weighted by molar-refractivity contribution is -0.141. The van der Waals surface area contributed by atoms with Crippen LogP contribution in [0.4, 0.5) is 0 Å². The van der Waals surface area contributed by atoms with Crippen molar-refractivity contribution in [2.45, 2.75) is 32.8 Å². The molecule has 84 valence electrons. The summed E-state index contributed by atoms with van der Waals surface area (Å²) in [6.07, 6.45) is 1.63. The molecule has 2 unspecified atom stereocenters. The molecular formula is C11H18N2O2. The van der Waals surface area contributed by atoms with Gasteiger partial charge in [-0.1, -0.05) is 13.8 Å². The van der Waals surface area contributed by atoms with Gasteiger partial charge in [-0.2, -0.15) is 5.26 Å². The number of nitriles is 1. The molecule has 0 aliphatic carbocycles. The maximum Gasteiger partial charge on any atom is 0.240 e. The molecule has 1 aliphatic rings. The third-order valence-corrected chi connectivity index (χ3v) is 2.77. The minimum atomic E-state index is -0.486. The zero-order valence-electron chi connectivity index (χ0n) is 9.40. The van der Waals surface area contributed by atoms with Crippen molar-refractivity contribution in [2.75, 3.05) is 19.7 Å². The largest absolute Gasteiger partial charge is 0.375 e. The Hall–Kier alpha value is -1.08. The van der Waals surface area contributed by atoms with Crippen molar-refractivity contribution < 1.29 is 9.53 Å². The van der Waals surface area contributed by atoms with Crippen molar-refractivity contribution in [1.82, 2.24) is 4.90 Å².